The van der Waals surface area contributed by atoms with E-state index in [0.29, 0.717) is 14.3 Å². The second kappa shape index (κ2) is 15.7. The van der Waals surface area contributed by atoms with E-state index in [1.165, 1.54) is 47.7 Å². The van der Waals surface area contributed by atoms with Crippen molar-refractivity contribution in [2.45, 2.75) is 26.7 Å². The van der Waals surface area contributed by atoms with Gasteiger partial charge in [-0.3, -0.25) is 14.4 Å². The second-order valence-corrected chi connectivity index (χ2v) is 14.7. The van der Waals surface area contributed by atoms with Crippen molar-refractivity contribution >= 4 is 68.8 Å². The van der Waals surface area contributed by atoms with Gasteiger partial charge in [0.15, 0.2) is 54.6 Å². The van der Waals surface area contributed by atoms with E-state index < -0.39 is 31.4 Å². The lowest BCUT2D eigenvalue weighted by molar-refractivity contribution is -0.150. The molecule has 2 aromatic heterocycles. The first-order valence-corrected chi connectivity index (χ1v) is 17.2. The summed E-state index contributed by atoms with van der Waals surface area (Å²) in [5, 5.41) is 0.392. The molecule has 15 heteroatoms. The molecule has 4 rings (SSSR count). The van der Waals surface area contributed by atoms with Gasteiger partial charge in [0.05, 0.1) is 55.9 Å². The maximum absolute atomic E-state index is 15.6. The Labute approximate surface area is 279 Å². The van der Waals surface area contributed by atoms with Gasteiger partial charge in [-0.2, -0.15) is 0 Å². The number of methoxy groups -OCH3 is 3. The molecule has 47 heavy (non-hydrogen) atoms. The molecule has 254 valence electrons. The van der Waals surface area contributed by atoms with Crippen LogP contribution in [0.2, 0.25) is 0 Å². The monoisotopic (exact) mass is 712 g/mol. The van der Waals surface area contributed by atoms with Crippen LogP contribution < -0.4 is 18.9 Å². The number of carbonyl (C=O) groups excluding carboxylic acids is 3. The fraction of sp³-hybridized carbons (Fsp3) is 0.406. The fourth-order valence-electron chi connectivity index (χ4n) is 4.69. The van der Waals surface area contributed by atoms with Crippen molar-refractivity contribution in [2.24, 2.45) is 5.41 Å². The Morgan fingerprint density at radius 3 is 1.64 bits per heavy atom. The number of fused-ring (bicyclic) bond motifs is 2. The van der Waals surface area contributed by atoms with Crippen LogP contribution >= 0.6 is 31.0 Å². The first kappa shape index (κ1) is 36.4. The lowest BCUT2D eigenvalue weighted by atomic mass is 9.87. The summed E-state index contributed by atoms with van der Waals surface area (Å²) in [6.07, 6.45) is 0.168. The molecule has 4 aromatic rings. The van der Waals surface area contributed by atoms with Crippen LogP contribution in [0.5, 0.6) is 23.0 Å². The zero-order valence-electron chi connectivity index (χ0n) is 26.9. The van der Waals surface area contributed by atoms with Gasteiger partial charge in [-0.05, 0) is 26.0 Å². The summed E-state index contributed by atoms with van der Waals surface area (Å²) in [6, 6.07) is 6.09. The van der Waals surface area contributed by atoms with Gasteiger partial charge in [0, 0.05) is 59.4 Å². The summed E-state index contributed by atoms with van der Waals surface area (Å²) in [7, 11) is 5.55. The third kappa shape index (κ3) is 8.01. The highest BCUT2D eigenvalue weighted by Gasteiger charge is 2.33. The van der Waals surface area contributed by atoms with Gasteiger partial charge < -0.3 is 32.7 Å². The minimum absolute atomic E-state index is 0.0000572. The number of Topliss-reactive ketones (excluding diaryl/α,β-unsaturated/α-hetero) is 2. The number of benzene rings is 2. The van der Waals surface area contributed by atoms with E-state index in [9.17, 15) is 14.4 Å². The zero-order chi connectivity index (χ0) is 34.5. The number of hydrogen-bond acceptors (Lipinski definition) is 12. The summed E-state index contributed by atoms with van der Waals surface area (Å²) >= 11 is 2.22. The smallest absolute Gasteiger partial charge is 0.311 e. The molecular formula is C32H35F2O10PS2. The van der Waals surface area contributed by atoms with E-state index in [-0.39, 0.29) is 82.4 Å². The van der Waals surface area contributed by atoms with Crippen LogP contribution in [0.4, 0.5) is 8.78 Å². The van der Waals surface area contributed by atoms with E-state index in [0.717, 1.165) is 22.7 Å². The van der Waals surface area contributed by atoms with Gasteiger partial charge in [-0.25, -0.2) is 8.78 Å². The molecule has 0 atom stereocenters. The Morgan fingerprint density at radius 1 is 0.745 bits per heavy atom. The predicted octanol–water partition coefficient (Wildman–Crippen LogP) is 7.82. The van der Waals surface area contributed by atoms with E-state index in [1.807, 2.05) is 0 Å². The van der Waals surface area contributed by atoms with E-state index in [4.69, 9.17) is 32.7 Å². The van der Waals surface area contributed by atoms with Crippen molar-refractivity contribution in [1.82, 2.24) is 0 Å². The Balaban J connectivity index is 1.44. The topological polar surface area (TPSA) is 116 Å². The molecule has 0 unspecified atom stereocenters. The molecule has 2 aromatic carbocycles. The highest BCUT2D eigenvalue weighted by atomic mass is 32.1. The van der Waals surface area contributed by atoms with Gasteiger partial charge in [-0.1, -0.05) is 0 Å². The van der Waals surface area contributed by atoms with Crippen LogP contribution in [-0.2, 0) is 18.6 Å². The summed E-state index contributed by atoms with van der Waals surface area (Å²) in [5.41, 5.74) is -1.04. The molecule has 0 aliphatic heterocycles. The van der Waals surface area contributed by atoms with Crippen LogP contribution in [0.1, 0.15) is 46.0 Å². The van der Waals surface area contributed by atoms with Crippen molar-refractivity contribution in [3.8, 4) is 23.0 Å². The third-order valence-electron chi connectivity index (χ3n) is 7.16. The minimum Gasteiger partial charge on any atom is -0.493 e. The molecule has 0 saturated heterocycles. The molecule has 0 aliphatic rings. The number of carbonyl (C=O) groups is 3. The molecule has 0 amide bonds. The summed E-state index contributed by atoms with van der Waals surface area (Å²) in [6.45, 7) is 3.21. The van der Waals surface area contributed by atoms with Crippen molar-refractivity contribution in [2.75, 3.05) is 54.9 Å². The number of halogens is 2. The van der Waals surface area contributed by atoms with Crippen LogP contribution in [0, 0.1) is 17.0 Å². The summed E-state index contributed by atoms with van der Waals surface area (Å²) in [4.78, 5) is 38.3. The SMILES string of the molecule is COC(=O)C(C)(C)CC(=O)c1cc2c(F)c(OCCCOc3c(OC)cc4sc(C(=O)CP(OC)OC)cc4c3F)c(OC)cc2s1. The molecule has 0 bridgehead atoms. The normalized spacial score (nSPS) is 11.7. The lowest BCUT2D eigenvalue weighted by Crippen LogP contribution is -2.28. The number of esters is 1. The Kier molecular flexibility index (Phi) is 12.1. The van der Waals surface area contributed by atoms with Gasteiger partial charge in [0.25, 0.3) is 0 Å². The maximum Gasteiger partial charge on any atom is 0.311 e. The molecule has 2 heterocycles. The number of rotatable bonds is 17. The van der Waals surface area contributed by atoms with E-state index >= 15 is 8.78 Å². The molecule has 0 saturated carbocycles. The fourth-order valence-corrected chi connectivity index (χ4v) is 7.66. The first-order valence-electron chi connectivity index (χ1n) is 14.2. The first-order chi connectivity index (χ1) is 22.4. The molecular weight excluding hydrogens is 677 g/mol. The maximum atomic E-state index is 15.6. The minimum atomic E-state index is -1.38. The van der Waals surface area contributed by atoms with Gasteiger partial charge >= 0.3 is 5.97 Å². The number of ketones is 2. The van der Waals surface area contributed by atoms with Gasteiger partial charge in [-0.15, -0.1) is 22.7 Å². The van der Waals surface area contributed by atoms with Crippen LogP contribution in [0.15, 0.2) is 24.3 Å². The summed E-state index contributed by atoms with van der Waals surface area (Å²) < 4.78 is 69.5. The molecule has 0 N–H and O–H groups in total. The standard InChI is InChI=1S/C32H35F2O10PS2/c1-32(2,31(37)40-5)15-19(35)25-11-17-23(46-25)13-21(38-3)29(27(17)33)43-9-8-10-44-30-22(39-4)14-24-18(28(30)34)12-26(47-24)20(36)16-45(41-6)42-7/h11-14H,8-10,15-16H2,1-7H3. The largest absolute Gasteiger partial charge is 0.493 e. The molecule has 0 fully saturated rings. The number of ether oxygens (including phenoxy) is 5. The number of thiophene rings is 2. The van der Waals surface area contributed by atoms with E-state index in [1.54, 1.807) is 26.0 Å². The highest BCUT2D eigenvalue weighted by Crippen LogP contribution is 2.43. The Bertz CT molecular complexity index is 1780. The third-order valence-corrected chi connectivity index (χ3v) is 10.8. The quantitative estimate of drug-likeness (QED) is 0.0465. The number of hydrogen-bond donors (Lipinski definition) is 0. The molecule has 0 aliphatic carbocycles. The predicted molar refractivity (Wildman–Crippen MR) is 177 cm³/mol. The van der Waals surface area contributed by atoms with E-state index in [2.05, 4.69) is 0 Å². The average Bonchev–Trinajstić information content (AvgIpc) is 3.69. The second-order valence-electron chi connectivity index (χ2n) is 10.8. The van der Waals surface area contributed by atoms with Gasteiger partial charge in [0.2, 0.25) is 0 Å². The van der Waals surface area contributed by atoms with Crippen molar-refractivity contribution < 1.29 is 55.9 Å². The average molecular weight is 713 g/mol. The molecule has 0 radical (unpaired) electrons. The van der Waals surface area contributed by atoms with Crippen LogP contribution in [0.25, 0.3) is 20.2 Å². The van der Waals surface area contributed by atoms with Crippen molar-refractivity contribution in [1.29, 1.82) is 0 Å². The van der Waals surface area contributed by atoms with Crippen LogP contribution in [0.3, 0.4) is 0 Å². The Morgan fingerprint density at radius 2 is 1.21 bits per heavy atom. The van der Waals surface area contributed by atoms with Crippen molar-refractivity contribution in [3.05, 3.63) is 45.7 Å². The highest BCUT2D eigenvalue weighted by molar-refractivity contribution is 7.48. The molecule has 10 nitrogen and oxygen atoms in total. The van der Waals surface area contributed by atoms with Crippen molar-refractivity contribution in [3.63, 3.8) is 0 Å². The van der Waals surface area contributed by atoms with Gasteiger partial charge in [0.1, 0.15) is 0 Å². The van der Waals surface area contributed by atoms with Crippen LogP contribution in [-0.4, -0.2) is 72.5 Å². The lowest BCUT2D eigenvalue weighted by Gasteiger charge is -2.19. The Hall–Kier alpha value is -3.42. The summed E-state index contributed by atoms with van der Waals surface area (Å²) in [5.74, 6) is -2.42. The zero-order valence-corrected chi connectivity index (χ0v) is 29.5. The molecule has 0 spiro atoms.